The van der Waals surface area contributed by atoms with Gasteiger partial charge in [0.25, 0.3) is 0 Å². The molecule has 1 rings (SSSR count). The van der Waals surface area contributed by atoms with E-state index in [0.29, 0.717) is 5.56 Å². The molecule has 0 radical (unpaired) electrons. The van der Waals surface area contributed by atoms with Crippen LogP contribution in [-0.2, 0) is 4.84 Å². The second-order valence-corrected chi connectivity index (χ2v) is 2.72. The standard InChI is InChI=1S/C9H10NO4/c1-7(14-10(12)13)9(11)8-5-3-2-4-6-8/h2-7,12H,1H3/q-1/t7-/m1/s1. The Morgan fingerprint density at radius 1 is 1.50 bits per heavy atom. The van der Waals surface area contributed by atoms with Gasteiger partial charge in [-0.25, -0.2) is 0 Å². The third kappa shape index (κ3) is 2.90. The van der Waals surface area contributed by atoms with Crippen LogP contribution in [0.4, 0.5) is 0 Å². The molecule has 0 aromatic heterocycles. The van der Waals surface area contributed by atoms with Crippen molar-refractivity contribution in [2.75, 3.05) is 0 Å². The molecule has 76 valence electrons. The van der Waals surface area contributed by atoms with E-state index in [1.54, 1.807) is 30.3 Å². The summed E-state index contributed by atoms with van der Waals surface area (Å²) in [4.78, 5) is 15.7. The van der Waals surface area contributed by atoms with Crippen LogP contribution >= 0.6 is 0 Å². The van der Waals surface area contributed by atoms with Crippen molar-refractivity contribution in [3.8, 4) is 0 Å². The second kappa shape index (κ2) is 4.83. The average molecular weight is 196 g/mol. The lowest BCUT2D eigenvalue weighted by Gasteiger charge is -2.22. The summed E-state index contributed by atoms with van der Waals surface area (Å²) < 4.78 is 0. The van der Waals surface area contributed by atoms with E-state index in [1.165, 1.54) is 6.92 Å². The Hall–Kier alpha value is -1.27. The molecule has 0 fully saturated rings. The van der Waals surface area contributed by atoms with Crippen molar-refractivity contribution in [2.45, 2.75) is 13.0 Å². The van der Waals surface area contributed by atoms with Gasteiger partial charge in [0.05, 0.1) is 0 Å². The lowest BCUT2D eigenvalue weighted by molar-refractivity contribution is -0.315. The molecule has 0 unspecified atom stereocenters. The molecule has 0 aliphatic heterocycles. The Morgan fingerprint density at radius 3 is 2.57 bits per heavy atom. The summed E-state index contributed by atoms with van der Waals surface area (Å²) in [6.45, 7) is 1.39. The van der Waals surface area contributed by atoms with E-state index >= 15 is 0 Å². The van der Waals surface area contributed by atoms with E-state index < -0.39 is 11.5 Å². The number of carbonyl (C=O) groups excluding carboxylic acids is 1. The highest BCUT2D eigenvalue weighted by molar-refractivity contribution is 5.99. The topological polar surface area (TPSA) is 72.8 Å². The molecule has 0 heterocycles. The minimum Gasteiger partial charge on any atom is -0.738 e. The first-order valence-corrected chi connectivity index (χ1v) is 4.03. The molecule has 1 aromatic rings. The maximum atomic E-state index is 11.5. The van der Waals surface area contributed by atoms with Crippen LogP contribution in [0.1, 0.15) is 17.3 Å². The Labute approximate surface area is 81.0 Å². The van der Waals surface area contributed by atoms with Crippen molar-refractivity contribution in [1.29, 1.82) is 0 Å². The van der Waals surface area contributed by atoms with Crippen LogP contribution in [0.25, 0.3) is 0 Å². The first-order chi connectivity index (χ1) is 6.61. The maximum Gasteiger partial charge on any atom is 0.193 e. The van der Waals surface area contributed by atoms with Crippen LogP contribution in [0.5, 0.6) is 0 Å². The predicted molar refractivity (Wildman–Crippen MR) is 48.3 cm³/mol. The lowest BCUT2D eigenvalue weighted by Crippen LogP contribution is -2.27. The molecule has 14 heavy (non-hydrogen) atoms. The van der Waals surface area contributed by atoms with Gasteiger partial charge in [-0.1, -0.05) is 30.3 Å². The predicted octanol–water partition coefficient (Wildman–Crippen LogP) is 1.38. The Kier molecular flexibility index (Phi) is 3.73. The smallest absolute Gasteiger partial charge is 0.193 e. The fourth-order valence-electron chi connectivity index (χ4n) is 1.02. The summed E-state index contributed by atoms with van der Waals surface area (Å²) in [6.07, 6.45) is -1.00. The lowest BCUT2D eigenvalue weighted by atomic mass is 10.1. The molecule has 5 heteroatoms. The zero-order chi connectivity index (χ0) is 10.6. The van der Waals surface area contributed by atoms with Crippen LogP contribution in [0, 0.1) is 5.21 Å². The fourth-order valence-corrected chi connectivity index (χ4v) is 1.02. The van der Waals surface area contributed by atoms with Gasteiger partial charge in [-0.15, -0.1) is 5.39 Å². The summed E-state index contributed by atoms with van der Waals surface area (Å²) in [5.41, 5.74) is 0.432. The minimum absolute atomic E-state index is 0.361. The minimum atomic E-state index is -1.00. The Balaban J connectivity index is 2.66. The van der Waals surface area contributed by atoms with Crippen molar-refractivity contribution in [3.05, 3.63) is 41.1 Å². The van der Waals surface area contributed by atoms with Gasteiger partial charge >= 0.3 is 0 Å². The quantitative estimate of drug-likeness (QED) is 0.581. The molecule has 5 nitrogen and oxygen atoms in total. The number of carbonyl (C=O) groups is 1. The number of hydrogen-bond donors (Lipinski definition) is 1. The van der Waals surface area contributed by atoms with E-state index in [1.807, 2.05) is 0 Å². The first-order valence-electron chi connectivity index (χ1n) is 4.03. The summed E-state index contributed by atoms with van der Waals surface area (Å²) in [6, 6.07) is 8.39. The van der Waals surface area contributed by atoms with Crippen molar-refractivity contribution < 1.29 is 14.8 Å². The molecular weight excluding hydrogens is 186 g/mol. The van der Waals surface area contributed by atoms with E-state index in [4.69, 9.17) is 5.21 Å². The van der Waals surface area contributed by atoms with Crippen LogP contribution in [-0.4, -0.2) is 22.5 Å². The van der Waals surface area contributed by atoms with Crippen LogP contribution in [0.3, 0.4) is 0 Å². The molecule has 0 saturated heterocycles. The average Bonchev–Trinajstić information content (AvgIpc) is 2.17. The highest BCUT2D eigenvalue weighted by Gasteiger charge is 2.15. The normalized spacial score (nSPS) is 12.9. The largest absolute Gasteiger partial charge is 0.738 e. The fraction of sp³-hybridized carbons (Fsp3) is 0.222. The maximum absolute atomic E-state index is 11.5. The number of nitrogens with zero attached hydrogens (tertiary/aromatic N) is 1. The summed E-state index contributed by atoms with van der Waals surface area (Å²) >= 11 is 0. The van der Waals surface area contributed by atoms with Gasteiger partial charge in [0.2, 0.25) is 0 Å². The molecule has 1 aromatic carbocycles. The number of rotatable bonds is 4. The van der Waals surface area contributed by atoms with E-state index in [9.17, 15) is 10.0 Å². The number of benzene rings is 1. The highest BCUT2D eigenvalue weighted by Crippen LogP contribution is 2.06. The van der Waals surface area contributed by atoms with Gasteiger partial charge in [0, 0.05) is 5.56 Å². The molecule has 0 spiro atoms. The monoisotopic (exact) mass is 196 g/mol. The number of ketones is 1. The highest BCUT2D eigenvalue weighted by atomic mass is 17.1. The van der Waals surface area contributed by atoms with Gasteiger partial charge in [-0.3, -0.25) is 9.63 Å². The molecule has 0 amide bonds. The molecular formula is C9H10NO4-. The van der Waals surface area contributed by atoms with Crippen molar-refractivity contribution in [3.63, 3.8) is 0 Å². The summed E-state index contributed by atoms with van der Waals surface area (Å²) in [5.74, 6) is -0.361. The van der Waals surface area contributed by atoms with Gasteiger partial charge in [-0.05, 0) is 6.92 Å². The Bertz CT molecular complexity index is 299. The third-order valence-electron chi connectivity index (χ3n) is 1.68. The zero-order valence-corrected chi connectivity index (χ0v) is 7.58. The SMILES string of the molecule is C[C@@H](ON([O-])O)C(=O)c1ccccc1. The third-order valence-corrected chi connectivity index (χ3v) is 1.68. The number of hydrogen-bond acceptors (Lipinski definition) is 5. The van der Waals surface area contributed by atoms with Gasteiger partial charge < -0.3 is 10.4 Å². The zero-order valence-electron chi connectivity index (χ0n) is 7.58. The van der Waals surface area contributed by atoms with Gasteiger partial charge in [0.15, 0.2) is 5.78 Å². The molecule has 0 bridgehead atoms. The van der Waals surface area contributed by atoms with E-state index in [2.05, 4.69) is 4.84 Å². The molecule has 1 atom stereocenters. The van der Waals surface area contributed by atoms with Crippen molar-refractivity contribution in [2.24, 2.45) is 0 Å². The molecule has 0 saturated carbocycles. The van der Waals surface area contributed by atoms with Crippen LogP contribution < -0.4 is 0 Å². The first kappa shape index (κ1) is 10.8. The van der Waals surface area contributed by atoms with Gasteiger partial charge in [-0.2, -0.15) is 0 Å². The summed E-state index contributed by atoms with van der Waals surface area (Å²) in [5, 5.41) is 17.6. The molecule has 0 aliphatic carbocycles. The van der Waals surface area contributed by atoms with Gasteiger partial charge in [0.1, 0.15) is 6.10 Å². The molecule has 0 aliphatic rings. The second-order valence-electron chi connectivity index (χ2n) is 2.72. The van der Waals surface area contributed by atoms with E-state index in [0.717, 1.165) is 0 Å². The Morgan fingerprint density at radius 2 is 2.07 bits per heavy atom. The van der Waals surface area contributed by atoms with E-state index in [-0.39, 0.29) is 5.78 Å². The van der Waals surface area contributed by atoms with Crippen LogP contribution in [0.15, 0.2) is 30.3 Å². The summed E-state index contributed by atoms with van der Waals surface area (Å²) in [7, 11) is 0. The number of Topliss-reactive ketones (excluding diaryl/α,β-unsaturated/α-hetero) is 1. The molecule has 1 N–H and O–H groups in total. The van der Waals surface area contributed by atoms with Crippen molar-refractivity contribution in [1.82, 2.24) is 5.39 Å². The van der Waals surface area contributed by atoms with Crippen LogP contribution in [0.2, 0.25) is 0 Å². The van der Waals surface area contributed by atoms with Crippen molar-refractivity contribution >= 4 is 5.78 Å².